The van der Waals surface area contributed by atoms with Crippen molar-refractivity contribution in [2.45, 2.75) is 6.54 Å². The number of nitrogens with zero attached hydrogens (tertiary/aromatic N) is 3. The van der Waals surface area contributed by atoms with Gasteiger partial charge in [0.2, 0.25) is 0 Å². The van der Waals surface area contributed by atoms with Crippen LogP contribution in [0.15, 0.2) is 40.6 Å². The molecule has 0 atom stereocenters. The lowest BCUT2D eigenvalue weighted by Gasteiger charge is -2.17. The van der Waals surface area contributed by atoms with Gasteiger partial charge in [0.05, 0.1) is 18.2 Å². The fraction of sp³-hybridized carbons (Fsp3) is 0.167. The lowest BCUT2D eigenvalue weighted by Crippen LogP contribution is -2.17. The summed E-state index contributed by atoms with van der Waals surface area (Å²) in [5.74, 6) is 1.86. The fourth-order valence-corrected chi connectivity index (χ4v) is 2.52. The van der Waals surface area contributed by atoms with E-state index >= 15 is 0 Å². The second-order valence-corrected chi connectivity index (χ2v) is 4.67. The van der Waals surface area contributed by atoms with Gasteiger partial charge >= 0.3 is 0 Å². The highest BCUT2D eigenvalue weighted by molar-refractivity contribution is 7.16. The van der Waals surface area contributed by atoms with Gasteiger partial charge in [-0.05, 0) is 23.6 Å². The van der Waals surface area contributed by atoms with Gasteiger partial charge in [-0.2, -0.15) is 0 Å². The lowest BCUT2D eigenvalue weighted by molar-refractivity contribution is 0.507. The molecule has 0 fully saturated rings. The van der Waals surface area contributed by atoms with E-state index in [0.717, 1.165) is 21.8 Å². The second kappa shape index (κ2) is 4.18. The summed E-state index contributed by atoms with van der Waals surface area (Å²) in [4.78, 5) is 11.7. The maximum atomic E-state index is 5.34. The van der Waals surface area contributed by atoms with Gasteiger partial charge in [-0.15, -0.1) is 11.3 Å². The standard InChI is InChI=1S/C12H11N3OS/c1-15(7-9-3-2-5-16-9)11-10-4-6-17-12(10)14-8-13-11/h2-6,8H,7H2,1H3. The van der Waals surface area contributed by atoms with Gasteiger partial charge in [-0.3, -0.25) is 0 Å². The number of hydrogen-bond acceptors (Lipinski definition) is 5. The third-order valence-corrected chi connectivity index (χ3v) is 3.40. The van der Waals surface area contributed by atoms with E-state index in [1.165, 1.54) is 0 Å². The lowest BCUT2D eigenvalue weighted by atomic mass is 10.3. The minimum atomic E-state index is 0.703. The number of aromatic nitrogens is 2. The molecule has 0 aliphatic heterocycles. The molecule has 0 spiro atoms. The number of rotatable bonds is 3. The first-order chi connectivity index (χ1) is 8.34. The van der Waals surface area contributed by atoms with Crippen LogP contribution in [0.3, 0.4) is 0 Å². The Bertz CT molecular complexity index is 618. The Morgan fingerprint density at radius 3 is 3.12 bits per heavy atom. The minimum absolute atomic E-state index is 0.703. The second-order valence-electron chi connectivity index (χ2n) is 3.77. The summed E-state index contributed by atoms with van der Waals surface area (Å²) >= 11 is 1.63. The summed E-state index contributed by atoms with van der Waals surface area (Å²) in [6, 6.07) is 5.90. The molecule has 0 radical (unpaired) electrons. The molecule has 0 unspecified atom stereocenters. The average Bonchev–Trinajstić information content (AvgIpc) is 2.97. The van der Waals surface area contributed by atoms with Crippen LogP contribution >= 0.6 is 11.3 Å². The van der Waals surface area contributed by atoms with Crippen molar-refractivity contribution < 1.29 is 4.42 Å². The molecule has 0 saturated carbocycles. The van der Waals surface area contributed by atoms with E-state index in [1.54, 1.807) is 23.9 Å². The van der Waals surface area contributed by atoms with Crippen molar-refractivity contribution in [3.8, 4) is 0 Å². The molecule has 5 heteroatoms. The molecule has 86 valence electrons. The maximum absolute atomic E-state index is 5.34. The summed E-state index contributed by atoms with van der Waals surface area (Å²) in [5, 5.41) is 3.12. The zero-order valence-electron chi connectivity index (χ0n) is 9.33. The quantitative estimate of drug-likeness (QED) is 0.711. The Balaban J connectivity index is 1.95. The summed E-state index contributed by atoms with van der Waals surface area (Å²) in [7, 11) is 2.00. The number of thiophene rings is 1. The molecule has 0 bridgehead atoms. The van der Waals surface area contributed by atoms with Gasteiger partial charge in [-0.1, -0.05) is 0 Å². The Labute approximate surface area is 103 Å². The van der Waals surface area contributed by atoms with Crippen molar-refractivity contribution in [3.05, 3.63) is 41.9 Å². The van der Waals surface area contributed by atoms with E-state index in [1.807, 2.05) is 30.6 Å². The van der Waals surface area contributed by atoms with E-state index in [9.17, 15) is 0 Å². The predicted molar refractivity (Wildman–Crippen MR) is 68.2 cm³/mol. The van der Waals surface area contributed by atoms with Crippen molar-refractivity contribution in [1.82, 2.24) is 9.97 Å². The first kappa shape index (κ1) is 10.3. The summed E-state index contributed by atoms with van der Waals surface area (Å²) in [5.41, 5.74) is 0. The smallest absolute Gasteiger partial charge is 0.140 e. The zero-order valence-corrected chi connectivity index (χ0v) is 10.1. The Morgan fingerprint density at radius 1 is 1.35 bits per heavy atom. The summed E-state index contributed by atoms with van der Waals surface area (Å²) in [6.45, 7) is 0.703. The SMILES string of the molecule is CN(Cc1ccco1)c1ncnc2sccc12. The van der Waals surface area contributed by atoms with Crippen molar-refractivity contribution in [1.29, 1.82) is 0 Å². The fourth-order valence-electron chi connectivity index (χ4n) is 1.79. The molecule has 0 saturated heterocycles. The molecule has 0 amide bonds. The highest BCUT2D eigenvalue weighted by atomic mass is 32.1. The van der Waals surface area contributed by atoms with Gasteiger partial charge in [0.25, 0.3) is 0 Å². The average molecular weight is 245 g/mol. The molecule has 0 aromatic carbocycles. The summed E-state index contributed by atoms with van der Waals surface area (Å²) < 4.78 is 5.34. The van der Waals surface area contributed by atoms with E-state index in [-0.39, 0.29) is 0 Å². The number of anilines is 1. The van der Waals surface area contributed by atoms with E-state index in [4.69, 9.17) is 4.42 Å². The first-order valence-electron chi connectivity index (χ1n) is 5.26. The largest absolute Gasteiger partial charge is 0.467 e. The molecule has 0 N–H and O–H groups in total. The van der Waals surface area contributed by atoms with Crippen LogP contribution in [0.1, 0.15) is 5.76 Å². The van der Waals surface area contributed by atoms with Crippen molar-refractivity contribution >= 4 is 27.4 Å². The third kappa shape index (κ3) is 1.89. The van der Waals surface area contributed by atoms with E-state index in [2.05, 4.69) is 14.9 Å². The molecule has 3 heterocycles. The molecular formula is C12H11N3OS. The van der Waals surface area contributed by atoms with Crippen LogP contribution in [-0.4, -0.2) is 17.0 Å². The van der Waals surface area contributed by atoms with Crippen molar-refractivity contribution in [2.75, 3.05) is 11.9 Å². The van der Waals surface area contributed by atoms with Gasteiger partial charge < -0.3 is 9.32 Å². The molecule has 17 heavy (non-hydrogen) atoms. The van der Waals surface area contributed by atoms with Gasteiger partial charge in [-0.25, -0.2) is 9.97 Å². The van der Waals surface area contributed by atoms with E-state index < -0.39 is 0 Å². The van der Waals surface area contributed by atoms with Crippen LogP contribution in [0.4, 0.5) is 5.82 Å². The van der Waals surface area contributed by atoms with Crippen LogP contribution < -0.4 is 4.90 Å². The molecule has 3 aromatic heterocycles. The highest BCUT2D eigenvalue weighted by Gasteiger charge is 2.10. The number of hydrogen-bond donors (Lipinski definition) is 0. The van der Waals surface area contributed by atoms with Crippen LogP contribution in [0, 0.1) is 0 Å². The highest BCUT2D eigenvalue weighted by Crippen LogP contribution is 2.26. The molecule has 0 aliphatic rings. The van der Waals surface area contributed by atoms with Gasteiger partial charge in [0.15, 0.2) is 0 Å². The Hall–Kier alpha value is -1.88. The topological polar surface area (TPSA) is 42.2 Å². The van der Waals surface area contributed by atoms with Crippen LogP contribution in [0.2, 0.25) is 0 Å². The molecule has 4 nitrogen and oxygen atoms in total. The normalized spacial score (nSPS) is 10.9. The molecule has 0 aliphatic carbocycles. The minimum Gasteiger partial charge on any atom is -0.467 e. The third-order valence-electron chi connectivity index (χ3n) is 2.58. The number of furan rings is 1. The first-order valence-corrected chi connectivity index (χ1v) is 6.14. The Morgan fingerprint density at radius 2 is 2.29 bits per heavy atom. The predicted octanol–water partition coefficient (Wildman–Crippen LogP) is 2.92. The maximum Gasteiger partial charge on any atom is 0.140 e. The van der Waals surface area contributed by atoms with E-state index in [0.29, 0.717) is 6.54 Å². The Kier molecular flexibility index (Phi) is 2.53. The molecule has 3 aromatic rings. The monoisotopic (exact) mass is 245 g/mol. The van der Waals surface area contributed by atoms with Crippen LogP contribution in [0.5, 0.6) is 0 Å². The summed E-state index contributed by atoms with van der Waals surface area (Å²) in [6.07, 6.45) is 3.29. The number of fused-ring (bicyclic) bond motifs is 1. The van der Waals surface area contributed by atoms with Crippen LogP contribution in [-0.2, 0) is 6.54 Å². The van der Waals surface area contributed by atoms with Crippen LogP contribution in [0.25, 0.3) is 10.2 Å². The van der Waals surface area contributed by atoms with Gasteiger partial charge in [0.1, 0.15) is 22.7 Å². The molecular weight excluding hydrogens is 234 g/mol. The van der Waals surface area contributed by atoms with Crippen molar-refractivity contribution in [2.24, 2.45) is 0 Å². The van der Waals surface area contributed by atoms with Crippen molar-refractivity contribution in [3.63, 3.8) is 0 Å². The zero-order chi connectivity index (χ0) is 11.7. The molecule has 3 rings (SSSR count). The van der Waals surface area contributed by atoms with Gasteiger partial charge in [0, 0.05) is 7.05 Å².